The van der Waals surface area contributed by atoms with Crippen LogP contribution in [0.1, 0.15) is 66.7 Å². The summed E-state index contributed by atoms with van der Waals surface area (Å²) in [6.07, 6.45) is 3.07. The second kappa shape index (κ2) is 7.08. The smallest absolute Gasteiger partial charge is 0.331 e. The molecule has 10 atom stereocenters. The van der Waals surface area contributed by atoms with Gasteiger partial charge in [-0.05, 0) is 53.0 Å². The van der Waals surface area contributed by atoms with E-state index in [-0.39, 0.29) is 30.3 Å². The molecule has 2 N–H and O–H groups in total. The maximum Gasteiger partial charge on any atom is 0.331 e. The maximum absolute atomic E-state index is 14.5. The van der Waals surface area contributed by atoms with Gasteiger partial charge in [-0.3, -0.25) is 14.4 Å². The Bertz CT molecular complexity index is 1320. The number of rotatable bonds is 2. The summed E-state index contributed by atoms with van der Waals surface area (Å²) >= 11 is 0. The molecule has 0 amide bonds. The molecule has 3 spiro atoms. The third kappa shape index (κ3) is 2.76. The van der Waals surface area contributed by atoms with Gasteiger partial charge < -0.3 is 29.2 Å². The molecule has 210 valence electrons. The average molecular weight is 543 g/mol. The number of aliphatic carboxylic acids is 1. The summed E-state index contributed by atoms with van der Waals surface area (Å²) in [4.78, 5) is 52.7. The van der Waals surface area contributed by atoms with Gasteiger partial charge in [0.05, 0.1) is 18.1 Å². The van der Waals surface area contributed by atoms with E-state index in [4.69, 9.17) is 18.9 Å². The number of allylic oxidation sites excluding steroid dienone is 1. The lowest BCUT2D eigenvalue weighted by atomic mass is 9.64. The first kappa shape index (κ1) is 25.6. The molecule has 0 aromatic carbocycles. The Labute approximate surface area is 225 Å². The van der Waals surface area contributed by atoms with Crippen LogP contribution in [-0.4, -0.2) is 74.1 Å². The molecule has 5 heterocycles. The highest BCUT2D eigenvalue weighted by Gasteiger charge is 2.83. The molecular weight excluding hydrogens is 508 g/mol. The van der Waals surface area contributed by atoms with Gasteiger partial charge in [-0.2, -0.15) is 0 Å². The van der Waals surface area contributed by atoms with Gasteiger partial charge in [0.2, 0.25) is 11.6 Å². The number of carboxylic acid groups (broad SMARTS) is 1. The standard InChI is InChI=1S/C29H34O10/c1-13(22(32)33)10-15-19-20-25(4,23(34)26(19,5)35)8-9-27-12-28-16(24(2,3)37-17(28)11-18(30)38-28)7-6-14(27)21(31)29(20,36-15)39-27/h6,10,15-17,19-20,35H,7-9,11-12H2,1-5H3,(H,32,33)/b13-10-/t15-,16+,17-,19-,20+,25+,26-,27+,28-,29+/m1/s1. The van der Waals surface area contributed by atoms with Gasteiger partial charge in [0.25, 0.3) is 0 Å². The lowest BCUT2D eigenvalue weighted by Gasteiger charge is -2.40. The van der Waals surface area contributed by atoms with Crippen molar-refractivity contribution >= 4 is 23.5 Å². The van der Waals surface area contributed by atoms with E-state index < -0.39 is 75.2 Å². The number of esters is 1. The Kier molecular flexibility index (Phi) is 4.64. The fraction of sp³-hybridized carbons (Fsp3) is 0.724. The number of aliphatic hydroxyl groups is 1. The molecule has 5 saturated heterocycles. The normalized spacial score (nSPS) is 52.9. The Morgan fingerprint density at radius 1 is 1.10 bits per heavy atom. The molecule has 2 aliphatic carbocycles. The second-order valence-corrected chi connectivity index (χ2v) is 13.7. The molecular formula is C29H34O10. The van der Waals surface area contributed by atoms with Crippen LogP contribution in [0.25, 0.3) is 0 Å². The van der Waals surface area contributed by atoms with E-state index in [0.717, 1.165) is 0 Å². The first-order valence-electron chi connectivity index (χ1n) is 13.8. The molecule has 7 aliphatic rings. The van der Waals surface area contributed by atoms with Gasteiger partial charge in [-0.25, -0.2) is 4.79 Å². The lowest BCUT2D eigenvalue weighted by Crippen LogP contribution is -2.51. The molecule has 1 saturated carbocycles. The van der Waals surface area contributed by atoms with Crippen molar-refractivity contribution in [3.05, 3.63) is 23.3 Å². The highest BCUT2D eigenvalue weighted by Crippen LogP contribution is 2.71. The van der Waals surface area contributed by atoms with Gasteiger partial charge in [-0.1, -0.05) is 13.0 Å². The van der Waals surface area contributed by atoms with Gasteiger partial charge in [0.15, 0.2) is 5.78 Å². The molecule has 0 radical (unpaired) electrons. The summed E-state index contributed by atoms with van der Waals surface area (Å²) in [7, 11) is 0. The largest absolute Gasteiger partial charge is 0.478 e. The number of carboxylic acids is 1. The van der Waals surface area contributed by atoms with E-state index in [2.05, 4.69) is 0 Å². The number of hydrogen-bond acceptors (Lipinski definition) is 9. The van der Waals surface area contributed by atoms with E-state index in [0.29, 0.717) is 24.8 Å². The molecule has 6 fully saturated rings. The van der Waals surface area contributed by atoms with Crippen molar-refractivity contribution in [3.63, 3.8) is 0 Å². The monoisotopic (exact) mass is 542 g/mol. The summed E-state index contributed by atoms with van der Waals surface area (Å²) in [5.74, 6) is -6.11. The predicted molar refractivity (Wildman–Crippen MR) is 131 cm³/mol. The van der Waals surface area contributed by atoms with Crippen LogP contribution in [0.4, 0.5) is 0 Å². The van der Waals surface area contributed by atoms with Gasteiger partial charge in [0, 0.05) is 40.7 Å². The van der Waals surface area contributed by atoms with Crippen LogP contribution in [0.3, 0.4) is 0 Å². The topological polar surface area (TPSA) is 146 Å². The van der Waals surface area contributed by atoms with Gasteiger partial charge >= 0.3 is 11.9 Å². The van der Waals surface area contributed by atoms with Crippen molar-refractivity contribution in [2.75, 3.05) is 0 Å². The van der Waals surface area contributed by atoms with E-state index in [1.807, 2.05) is 19.9 Å². The number of carbonyl (C=O) groups excluding carboxylic acids is 3. The van der Waals surface area contributed by atoms with Crippen molar-refractivity contribution in [2.45, 2.75) is 107 Å². The van der Waals surface area contributed by atoms with Crippen LogP contribution in [0.5, 0.6) is 0 Å². The summed E-state index contributed by atoms with van der Waals surface area (Å²) in [5, 5.41) is 21.1. The third-order valence-corrected chi connectivity index (χ3v) is 11.1. The third-order valence-electron chi connectivity index (χ3n) is 11.1. The number of ketones is 2. The number of carbonyl (C=O) groups is 4. The summed E-state index contributed by atoms with van der Waals surface area (Å²) in [6.45, 7) is 8.53. The number of ether oxygens (including phenoxy) is 4. The molecule has 10 heteroatoms. The molecule has 39 heavy (non-hydrogen) atoms. The SMILES string of the molecule is C/C(=C/[C@H]1O[C@]23O[C@@]4(CC[C@]5(C)C(=O)[C@](C)(O)[C@H]1[C@H]25)C[C@]12OC(=O)C[C@H]1OC(C)(C)[C@@H]2CC=C4C3=O)C(=O)O. The first-order valence-corrected chi connectivity index (χ1v) is 13.8. The Hall–Kier alpha value is -2.40. The zero-order chi connectivity index (χ0) is 28.1. The van der Waals surface area contributed by atoms with Crippen LogP contribution in [0, 0.1) is 23.2 Å². The molecule has 0 aromatic rings. The predicted octanol–water partition coefficient (Wildman–Crippen LogP) is 2.02. The minimum atomic E-state index is -1.88. The van der Waals surface area contributed by atoms with E-state index in [1.54, 1.807) is 6.92 Å². The molecule has 10 nitrogen and oxygen atoms in total. The zero-order valence-electron chi connectivity index (χ0n) is 22.7. The summed E-state index contributed by atoms with van der Waals surface area (Å²) < 4.78 is 25.8. The van der Waals surface area contributed by atoms with Crippen molar-refractivity contribution in [1.29, 1.82) is 0 Å². The Morgan fingerprint density at radius 3 is 2.51 bits per heavy atom. The summed E-state index contributed by atoms with van der Waals surface area (Å²) in [6, 6.07) is 0. The molecule has 0 aromatic heterocycles. The first-order chi connectivity index (χ1) is 18.0. The van der Waals surface area contributed by atoms with Crippen LogP contribution >= 0.6 is 0 Å². The highest BCUT2D eigenvalue weighted by atomic mass is 16.7. The van der Waals surface area contributed by atoms with E-state index in [9.17, 15) is 29.4 Å². The van der Waals surface area contributed by atoms with Crippen LogP contribution in [-0.2, 0) is 38.1 Å². The van der Waals surface area contributed by atoms with Gasteiger partial charge in [-0.15, -0.1) is 0 Å². The van der Waals surface area contributed by atoms with Crippen LogP contribution in [0.2, 0.25) is 0 Å². The van der Waals surface area contributed by atoms with Crippen molar-refractivity contribution < 1.29 is 48.3 Å². The Balaban J connectivity index is 1.41. The number of Topliss-reactive ketones (excluding diaryl/α,β-unsaturated/α-hetero) is 2. The van der Waals surface area contributed by atoms with Crippen molar-refractivity contribution in [3.8, 4) is 0 Å². The fourth-order valence-electron chi connectivity index (χ4n) is 9.60. The van der Waals surface area contributed by atoms with Crippen LogP contribution in [0.15, 0.2) is 23.3 Å². The minimum Gasteiger partial charge on any atom is -0.478 e. The van der Waals surface area contributed by atoms with Gasteiger partial charge in [0.1, 0.15) is 22.9 Å². The highest BCUT2D eigenvalue weighted by molar-refractivity contribution is 6.08. The number of hydrogen-bond donors (Lipinski definition) is 2. The molecule has 7 rings (SSSR count). The fourth-order valence-corrected chi connectivity index (χ4v) is 9.60. The van der Waals surface area contributed by atoms with E-state index >= 15 is 0 Å². The average Bonchev–Trinajstić information content (AvgIpc) is 3.42. The van der Waals surface area contributed by atoms with E-state index in [1.165, 1.54) is 19.9 Å². The Morgan fingerprint density at radius 2 is 1.82 bits per heavy atom. The van der Waals surface area contributed by atoms with Crippen molar-refractivity contribution in [1.82, 2.24) is 0 Å². The molecule has 0 unspecified atom stereocenters. The lowest BCUT2D eigenvalue weighted by molar-refractivity contribution is -0.252. The maximum atomic E-state index is 14.5. The second-order valence-electron chi connectivity index (χ2n) is 13.7. The quantitative estimate of drug-likeness (QED) is 0.393. The zero-order valence-corrected chi connectivity index (χ0v) is 22.7. The molecule has 2 bridgehead atoms. The van der Waals surface area contributed by atoms with Crippen LogP contribution < -0.4 is 0 Å². The molecule has 5 aliphatic heterocycles. The van der Waals surface area contributed by atoms with Crippen molar-refractivity contribution in [2.24, 2.45) is 23.2 Å². The minimum absolute atomic E-state index is 0.0221. The summed E-state index contributed by atoms with van der Waals surface area (Å²) in [5.41, 5.74) is -5.37.